The summed E-state index contributed by atoms with van der Waals surface area (Å²) in [6.45, 7) is 10.5. The zero-order valence-electron chi connectivity index (χ0n) is 12.4. The monoisotopic (exact) mass is 257 g/mol. The molecule has 1 atom stereocenters. The molecule has 0 saturated carbocycles. The van der Waals surface area contributed by atoms with E-state index in [-0.39, 0.29) is 24.4 Å². The van der Waals surface area contributed by atoms with Gasteiger partial charge in [-0.1, -0.05) is 13.8 Å². The van der Waals surface area contributed by atoms with Crippen molar-refractivity contribution in [1.29, 1.82) is 0 Å². The fraction of sp³-hybridized carbons (Fsp3) is 0.846. The third-order valence-corrected chi connectivity index (χ3v) is 3.08. The highest BCUT2D eigenvalue weighted by Gasteiger charge is 2.26. The van der Waals surface area contributed by atoms with E-state index in [1.807, 2.05) is 20.8 Å². The van der Waals surface area contributed by atoms with E-state index in [0.29, 0.717) is 12.5 Å². The van der Waals surface area contributed by atoms with Crippen LogP contribution in [0.5, 0.6) is 0 Å². The molecule has 5 nitrogen and oxygen atoms in total. The van der Waals surface area contributed by atoms with Crippen LogP contribution in [0.3, 0.4) is 0 Å². The fourth-order valence-corrected chi connectivity index (χ4v) is 1.38. The normalized spacial score (nSPS) is 13.3. The Morgan fingerprint density at radius 3 is 2.17 bits per heavy atom. The Morgan fingerprint density at radius 2 is 1.72 bits per heavy atom. The van der Waals surface area contributed by atoms with Crippen molar-refractivity contribution in [2.75, 3.05) is 20.1 Å². The first kappa shape index (κ1) is 16.9. The number of hydrogen-bond acceptors (Lipinski definition) is 3. The van der Waals surface area contributed by atoms with Gasteiger partial charge >= 0.3 is 0 Å². The minimum atomic E-state index is -0.515. The topological polar surface area (TPSA) is 70.2 Å². The Bertz CT molecular complexity index is 288. The van der Waals surface area contributed by atoms with Crippen molar-refractivity contribution < 1.29 is 9.59 Å². The molecule has 0 aromatic heterocycles. The summed E-state index contributed by atoms with van der Waals surface area (Å²) < 4.78 is 0. The lowest BCUT2D eigenvalue weighted by atomic mass is 9.92. The first-order valence-corrected chi connectivity index (χ1v) is 6.43. The van der Waals surface area contributed by atoms with Crippen LogP contribution < -0.4 is 16.0 Å². The van der Waals surface area contributed by atoms with Gasteiger partial charge in [0, 0.05) is 19.6 Å². The Morgan fingerprint density at radius 1 is 1.17 bits per heavy atom. The molecule has 0 aliphatic rings. The average molecular weight is 257 g/mol. The highest BCUT2D eigenvalue weighted by atomic mass is 16.2. The number of rotatable bonds is 7. The number of carbonyl (C=O) groups is 2. The molecule has 0 spiro atoms. The Balaban J connectivity index is 3.98. The summed E-state index contributed by atoms with van der Waals surface area (Å²) in [5.41, 5.74) is -0.515. The number of nitrogens with one attached hydrogen (secondary N) is 3. The highest BCUT2D eigenvalue weighted by Crippen LogP contribution is 2.12. The second-order valence-corrected chi connectivity index (χ2v) is 5.67. The lowest BCUT2D eigenvalue weighted by Gasteiger charge is -2.23. The summed E-state index contributed by atoms with van der Waals surface area (Å²) in [5, 5.41) is 8.53. The molecule has 2 amide bonds. The summed E-state index contributed by atoms with van der Waals surface area (Å²) >= 11 is 0. The highest BCUT2D eigenvalue weighted by molar-refractivity contribution is 5.82. The van der Waals surface area contributed by atoms with Crippen LogP contribution in [0.15, 0.2) is 0 Å². The molecule has 0 aliphatic heterocycles. The molecule has 3 N–H and O–H groups in total. The molecule has 0 saturated heterocycles. The first-order valence-electron chi connectivity index (χ1n) is 6.43. The third-order valence-electron chi connectivity index (χ3n) is 3.08. The minimum Gasteiger partial charge on any atom is -0.359 e. The van der Waals surface area contributed by atoms with Gasteiger partial charge in [0.25, 0.3) is 0 Å². The van der Waals surface area contributed by atoms with Crippen LogP contribution in [0.2, 0.25) is 0 Å². The smallest absolute Gasteiger partial charge is 0.234 e. The molecule has 18 heavy (non-hydrogen) atoms. The molecule has 0 aliphatic carbocycles. The van der Waals surface area contributed by atoms with Gasteiger partial charge < -0.3 is 16.0 Å². The molecule has 0 rings (SSSR count). The molecule has 106 valence electrons. The fourth-order valence-electron chi connectivity index (χ4n) is 1.38. The average Bonchev–Trinajstić information content (AvgIpc) is 2.27. The molecule has 0 aromatic rings. The van der Waals surface area contributed by atoms with Crippen LogP contribution in [-0.4, -0.2) is 38.0 Å². The van der Waals surface area contributed by atoms with Crippen LogP contribution in [0.25, 0.3) is 0 Å². The lowest BCUT2D eigenvalue weighted by molar-refractivity contribution is -0.129. The van der Waals surface area contributed by atoms with Gasteiger partial charge in [0.15, 0.2) is 0 Å². The molecule has 0 aromatic carbocycles. The second kappa shape index (κ2) is 7.36. The van der Waals surface area contributed by atoms with Gasteiger partial charge in [0.05, 0.1) is 12.0 Å². The van der Waals surface area contributed by atoms with Gasteiger partial charge in [-0.15, -0.1) is 0 Å². The molecule has 0 heterocycles. The number of amides is 2. The van der Waals surface area contributed by atoms with Gasteiger partial charge in [0.2, 0.25) is 11.8 Å². The second-order valence-electron chi connectivity index (χ2n) is 5.67. The summed E-state index contributed by atoms with van der Waals surface area (Å²) in [6.07, 6.45) is 0. The van der Waals surface area contributed by atoms with E-state index in [1.165, 1.54) is 0 Å². The maximum atomic E-state index is 11.6. The summed E-state index contributed by atoms with van der Waals surface area (Å²) in [6, 6.07) is 0.159. The van der Waals surface area contributed by atoms with Crippen LogP contribution in [0, 0.1) is 11.3 Å². The van der Waals surface area contributed by atoms with Crippen LogP contribution >= 0.6 is 0 Å². The largest absolute Gasteiger partial charge is 0.359 e. The first-order chi connectivity index (χ1) is 8.20. The van der Waals surface area contributed by atoms with Crippen molar-refractivity contribution in [3.05, 3.63) is 0 Å². The minimum absolute atomic E-state index is 0.0362. The molecule has 0 fully saturated rings. The van der Waals surface area contributed by atoms with Gasteiger partial charge in [-0.25, -0.2) is 0 Å². The van der Waals surface area contributed by atoms with Crippen LogP contribution in [-0.2, 0) is 9.59 Å². The molecule has 0 bridgehead atoms. The van der Waals surface area contributed by atoms with E-state index in [9.17, 15) is 9.59 Å². The van der Waals surface area contributed by atoms with E-state index in [1.54, 1.807) is 7.05 Å². The molecule has 1 unspecified atom stereocenters. The van der Waals surface area contributed by atoms with Crippen molar-refractivity contribution in [3.8, 4) is 0 Å². The Kier molecular flexibility index (Phi) is 6.91. The molecular weight excluding hydrogens is 230 g/mol. The van der Waals surface area contributed by atoms with E-state index in [4.69, 9.17) is 0 Å². The number of hydrogen-bond donors (Lipinski definition) is 3. The van der Waals surface area contributed by atoms with Gasteiger partial charge in [-0.05, 0) is 26.7 Å². The quantitative estimate of drug-likeness (QED) is 0.622. The Hall–Kier alpha value is -1.10. The van der Waals surface area contributed by atoms with Crippen molar-refractivity contribution >= 4 is 11.8 Å². The van der Waals surface area contributed by atoms with Gasteiger partial charge in [-0.3, -0.25) is 9.59 Å². The van der Waals surface area contributed by atoms with Gasteiger partial charge in [0.1, 0.15) is 0 Å². The van der Waals surface area contributed by atoms with Crippen molar-refractivity contribution in [2.45, 2.75) is 40.7 Å². The van der Waals surface area contributed by atoms with Crippen molar-refractivity contribution in [1.82, 2.24) is 16.0 Å². The van der Waals surface area contributed by atoms with E-state index in [2.05, 4.69) is 29.8 Å². The maximum absolute atomic E-state index is 11.6. The predicted octanol–water partition coefficient (Wildman–Crippen LogP) is 0.509. The number of carbonyl (C=O) groups excluding carboxylic acids is 2. The van der Waals surface area contributed by atoms with E-state index in [0.717, 1.165) is 0 Å². The SMILES string of the molecule is CNC(=O)C(C)(C)CNCC(=O)NC(C)C(C)C. The summed E-state index contributed by atoms with van der Waals surface area (Å²) in [7, 11) is 1.61. The summed E-state index contributed by atoms with van der Waals surface area (Å²) in [5.74, 6) is 0.339. The van der Waals surface area contributed by atoms with Crippen molar-refractivity contribution in [2.24, 2.45) is 11.3 Å². The molecule has 5 heteroatoms. The maximum Gasteiger partial charge on any atom is 0.234 e. The van der Waals surface area contributed by atoms with Gasteiger partial charge in [-0.2, -0.15) is 0 Å². The standard InChI is InChI=1S/C13H27N3O2/c1-9(2)10(3)16-11(17)7-15-8-13(4,5)12(18)14-6/h9-10,15H,7-8H2,1-6H3,(H,14,18)(H,16,17). The molecule has 0 radical (unpaired) electrons. The van der Waals surface area contributed by atoms with Crippen molar-refractivity contribution in [3.63, 3.8) is 0 Å². The van der Waals surface area contributed by atoms with Crippen LogP contribution in [0.4, 0.5) is 0 Å². The summed E-state index contributed by atoms with van der Waals surface area (Å²) in [4.78, 5) is 23.1. The molecular formula is C13H27N3O2. The zero-order valence-corrected chi connectivity index (χ0v) is 12.4. The lowest BCUT2D eigenvalue weighted by Crippen LogP contribution is -2.46. The van der Waals surface area contributed by atoms with E-state index >= 15 is 0 Å². The zero-order chi connectivity index (χ0) is 14.3. The Labute approximate surface area is 110 Å². The third kappa shape index (κ3) is 6.00. The van der Waals surface area contributed by atoms with E-state index < -0.39 is 5.41 Å². The van der Waals surface area contributed by atoms with Crippen LogP contribution in [0.1, 0.15) is 34.6 Å². The predicted molar refractivity (Wildman–Crippen MR) is 73.2 cm³/mol.